The van der Waals surface area contributed by atoms with Crippen molar-refractivity contribution in [2.75, 3.05) is 44.9 Å². The van der Waals surface area contributed by atoms with Gasteiger partial charge in [-0.15, -0.1) is 0 Å². The molecule has 0 amide bonds. The van der Waals surface area contributed by atoms with Gasteiger partial charge in [-0.1, -0.05) is 0 Å². The van der Waals surface area contributed by atoms with Crippen LogP contribution < -0.4 is 15.4 Å². The van der Waals surface area contributed by atoms with Gasteiger partial charge in [-0.3, -0.25) is 0 Å². The molecule has 1 aromatic carbocycles. The molecule has 2 atom stereocenters. The van der Waals surface area contributed by atoms with Gasteiger partial charge in [0.1, 0.15) is 5.75 Å². The molecule has 5 nitrogen and oxygen atoms in total. The molecule has 1 saturated heterocycles. The summed E-state index contributed by atoms with van der Waals surface area (Å²) >= 11 is 0. The van der Waals surface area contributed by atoms with E-state index in [0.29, 0.717) is 18.3 Å². The number of aliphatic hydroxyl groups is 1. The molecule has 106 valence electrons. The molecule has 1 aliphatic rings. The lowest BCUT2D eigenvalue weighted by Crippen LogP contribution is -2.37. The van der Waals surface area contributed by atoms with Crippen molar-refractivity contribution in [3.8, 4) is 5.75 Å². The number of nitrogens with two attached hydrogens (primary N) is 1. The molecule has 3 N–H and O–H groups in total. The predicted octanol–water partition coefficient (Wildman–Crippen LogP) is 0.779. The summed E-state index contributed by atoms with van der Waals surface area (Å²) in [6.07, 6.45) is 0.496. The number of hydrogen-bond donors (Lipinski definition) is 2. The van der Waals surface area contributed by atoms with Crippen molar-refractivity contribution in [2.45, 2.75) is 18.6 Å². The van der Waals surface area contributed by atoms with E-state index in [1.54, 1.807) is 7.11 Å². The highest BCUT2D eigenvalue weighted by Crippen LogP contribution is 2.33. The summed E-state index contributed by atoms with van der Waals surface area (Å²) < 4.78 is 5.17. The molecule has 1 heterocycles. The van der Waals surface area contributed by atoms with Crippen molar-refractivity contribution in [1.29, 1.82) is 0 Å². The molecule has 1 aliphatic heterocycles. The predicted molar refractivity (Wildman–Crippen MR) is 77.7 cm³/mol. The molecule has 1 fully saturated rings. The zero-order valence-electron chi connectivity index (χ0n) is 11.8. The fourth-order valence-corrected chi connectivity index (χ4v) is 2.70. The van der Waals surface area contributed by atoms with E-state index in [9.17, 15) is 5.11 Å². The molecular weight excluding hydrogens is 242 g/mol. The summed E-state index contributed by atoms with van der Waals surface area (Å²) in [5.74, 6) is 0.755. The van der Waals surface area contributed by atoms with E-state index in [2.05, 4.69) is 9.80 Å². The van der Waals surface area contributed by atoms with Crippen LogP contribution in [0.25, 0.3) is 0 Å². The van der Waals surface area contributed by atoms with Crippen LogP contribution in [0.15, 0.2) is 18.2 Å². The molecule has 0 radical (unpaired) electrons. The van der Waals surface area contributed by atoms with Crippen LogP contribution in [-0.2, 0) is 0 Å². The van der Waals surface area contributed by atoms with Gasteiger partial charge in [-0.2, -0.15) is 0 Å². The van der Waals surface area contributed by atoms with Crippen LogP contribution in [0.2, 0.25) is 0 Å². The van der Waals surface area contributed by atoms with E-state index in [1.165, 1.54) is 0 Å². The monoisotopic (exact) mass is 265 g/mol. The SMILES string of the molecule is COc1ccc(N2CC(O)CC2CN(C)C)c(N)c1. The standard InChI is InChI=1S/C14H23N3O2/c1-16(2)8-10-6-11(18)9-17(10)14-5-4-12(19-3)7-13(14)15/h4-5,7,10-11,18H,6,8-9,15H2,1-3H3. The number of nitrogen functional groups attached to an aromatic ring is 1. The summed E-state index contributed by atoms with van der Waals surface area (Å²) in [7, 11) is 5.71. The van der Waals surface area contributed by atoms with Crippen molar-refractivity contribution in [1.82, 2.24) is 4.90 Å². The first-order valence-electron chi connectivity index (χ1n) is 6.54. The van der Waals surface area contributed by atoms with E-state index in [-0.39, 0.29) is 6.10 Å². The Bertz CT molecular complexity index is 437. The third kappa shape index (κ3) is 3.11. The highest BCUT2D eigenvalue weighted by Gasteiger charge is 2.32. The number of nitrogens with zero attached hydrogens (tertiary/aromatic N) is 2. The molecule has 2 rings (SSSR count). The number of aliphatic hydroxyl groups excluding tert-OH is 1. The van der Waals surface area contributed by atoms with Crippen LogP contribution in [0.1, 0.15) is 6.42 Å². The van der Waals surface area contributed by atoms with E-state index >= 15 is 0 Å². The molecule has 0 aliphatic carbocycles. The second-order valence-corrected chi connectivity index (χ2v) is 5.38. The average Bonchev–Trinajstić information content (AvgIpc) is 2.69. The van der Waals surface area contributed by atoms with Crippen LogP contribution in [0.5, 0.6) is 5.75 Å². The molecule has 2 unspecified atom stereocenters. The lowest BCUT2D eigenvalue weighted by Gasteiger charge is -2.29. The zero-order valence-corrected chi connectivity index (χ0v) is 11.8. The number of β-amino-alcohol motifs (C(OH)–C–C–N with tert-alkyl or cyclic N) is 1. The molecule has 0 bridgehead atoms. The number of rotatable bonds is 4. The Morgan fingerprint density at radius 3 is 2.79 bits per heavy atom. The average molecular weight is 265 g/mol. The Kier molecular flexibility index (Phi) is 4.17. The van der Waals surface area contributed by atoms with E-state index in [0.717, 1.165) is 24.4 Å². The van der Waals surface area contributed by atoms with Gasteiger partial charge in [0.05, 0.1) is 24.6 Å². The number of ether oxygens (including phenoxy) is 1. The smallest absolute Gasteiger partial charge is 0.121 e. The second-order valence-electron chi connectivity index (χ2n) is 5.38. The van der Waals surface area contributed by atoms with Crippen LogP contribution in [-0.4, -0.2) is 56.4 Å². The third-order valence-electron chi connectivity index (χ3n) is 3.51. The van der Waals surface area contributed by atoms with Gasteiger partial charge in [-0.05, 0) is 32.6 Å². The summed E-state index contributed by atoms with van der Waals surface area (Å²) in [6.45, 7) is 1.54. The molecule has 19 heavy (non-hydrogen) atoms. The molecule has 5 heteroatoms. The van der Waals surface area contributed by atoms with Crippen LogP contribution in [0, 0.1) is 0 Å². The minimum absolute atomic E-state index is 0.286. The number of hydrogen-bond acceptors (Lipinski definition) is 5. The maximum absolute atomic E-state index is 9.91. The first-order chi connectivity index (χ1) is 9.01. The second kappa shape index (κ2) is 5.67. The number of anilines is 2. The normalized spacial score (nSPS) is 23.1. The summed E-state index contributed by atoms with van der Waals surface area (Å²) in [6, 6.07) is 5.99. The number of likely N-dealkylation sites (N-methyl/N-ethyl adjacent to an activating group) is 1. The van der Waals surface area contributed by atoms with Gasteiger partial charge in [0.15, 0.2) is 0 Å². The van der Waals surface area contributed by atoms with Crippen LogP contribution >= 0.6 is 0 Å². The summed E-state index contributed by atoms with van der Waals surface area (Å²) in [5, 5.41) is 9.91. The van der Waals surface area contributed by atoms with Crippen LogP contribution in [0.4, 0.5) is 11.4 Å². The highest BCUT2D eigenvalue weighted by atomic mass is 16.5. The largest absolute Gasteiger partial charge is 0.497 e. The first-order valence-corrected chi connectivity index (χ1v) is 6.54. The summed E-state index contributed by atoms with van der Waals surface area (Å²) in [5.41, 5.74) is 7.77. The Hall–Kier alpha value is -1.46. The quantitative estimate of drug-likeness (QED) is 0.788. The van der Waals surface area contributed by atoms with E-state index < -0.39 is 0 Å². The molecular formula is C14H23N3O2. The van der Waals surface area contributed by atoms with Gasteiger partial charge in [0.2, 0.25) is 0 Å². The van der Waals surface area contributed by atoms with Gasteiger partial charge < -0.3 is 25.4 Å². The maximum Gasteiger partial charge on any atom is 0.121 e. The highest BCUT2D eigenvalue weighted by molar-refractivity contribution is 5.70. The van der Waals surface area contributed by atoms with Crippen molar-refractivity contribution in [3.63, 3.8) is 0 Å². The fraction of sp³-hybridized carbons (Fsp3) is 0.571. The topological polar surface area (TPSA) is 62.0 Å². The Morgan fingerprint density at radius 1 is 1.47 bits per heavy atom. The Labute approximate surface area is 114 Å². The Balaban J connectivity index is 2.23. The van der Waals surface area contributed by atoms with E-state index in [1.807, 2.05) is 32.3 Å². The minimum atomic E-state index is -0.286. The minimum Gasteiger partial charge on any atom is -0.497 e. The number of benzene rings is 1. The number of methoxy groups -OCH3 is 1. The van der Waals surface area contributed by atoms with Gasteiger partial charge in [-0.25, -0.2) is 0 Å². The third-order valence-corrected chi connectivity index (χ3v) is 3.51. The first kappa shape index (κ1) is 14.0. The molecule has 1 aromatic rings. The van der Waals surface area contributed by atoms with Crippen molar-refractivity contribution < 1.29 is 9.84 Å². The van der Waals surface area contributed by atoms with E-state index in [4.69, 9.17) is 10.5 Å². The lowest BCUT2D eigenvalue weighted by atomic mass is 10.1. The maximum atomic E-state index is 9.91. The Morgan fingerprint density at radius 2 is 2.21 bits per heavy atom. The fourth-order valence-electron chi connectivity index (χ4n) is 2.70. The summed E-state index contributed by atoms with van der Waals surface area (Å²) in [4.78, 5) is 4.33. The molecule has 0 spiro atoms. The van der Waals surface area contributed by atoms with Gasteiger partial charge in [0, 0.05) is 25.2 Å². The van der Waals surface area contributed by atoms with Crippen molar-refractivity contribution in [2.24, 2.45) is 0 Å². The molecule has 0 aromatic heterocycles. The van der Waals surface area contributed by atoms with Crippen molar-refractivity contribution >= 4 is 11.4 Å². The van der Waals surface area contributed by atoms with Crippen molar-refractivity contribution in [3.05, 3.63) is 18.2 Å². The zero-order chi connectivity index (χ0) is 14.0. The van der Waals surface area contributed by atoms with Gasteiger partial charge >= 0.3 is 0 Å². The lowest BCUT2D eigenvalue weighted by molar-refractivity contribution is 0.191. The van der Waals surface area contributed by atoms with Crippen LogP contribution in [0.3, 0.4) is 0 Å². The van der Waals surface area contributed by atoms with Gasteiger partial charge in [0.25, 0.3) is 0 Å². The molecule has 0 saturated carbocycles.